The van der Waals surface area contributed by atoms with Gasteiger partial charge in [-0.25, -0.2) is 19.2 Å². The Hall–Kier alpha value is -4.21. The Morgan fingerprint density at radius 3 is 1.67 bits per heavy atom. The summed E-state index contributed by atoms with van der Waals surface area (Å²) >= 11 is 0. The van der Waals surface area contributed by atoms with Gasteiger partial charge in [0.05, 0.1) is 11.4 Å². The van der Waals surface area contributed by atoms with Crippen molar-refractivity contribution in [2.45, 2.75) is 0 Å². The summed E-state index contributed by atoms with van der Waals surface area (Å²) in [5.41, 5.74) is 2.04. The zero-order valence-corrected chi connectivity index (χ0v) is 13.7. The van der Waals surface area contributed by atoms with Crippen molar-refractivity contribution in [2.75, 3.05) is 5.32 Å². The number of hydrogen-bond donors (Lipinski definition) is 5. The first kappa shape index (κ1) is 22.8. The highest BCUT2D eigenvalue weighted by Gasteiger charge is 1.97. The maximum atomic E-state index is 9.55. The molecule has 10 heteroatoms. The first-order chi connectivity index (χ1) is 12.7. The molecule has 0 saturated heterocycles. The van der Waals surface area contributed by atoms with Crippen LogP contribution in [0.3, 0.4) is 0 Å². The van der Waals surface area contributed by atoms with E-state index in [2.05, 4.69) is 10.3 Å². The Labute approximate surface area is 153 Å². The molecule has 1 aliphatic rings. The van der Waals surface area contributed by atoms with Crippen LogP contribution in [0.4, 0.5) is 11.4 Å². The number of hydrogen-bond acceptors (Lipinski definition) is 6. The quantitative estimate of drug-likeness (QED) is 0.490. The van der Waals surface area contributed by atoms with Gasteiger partial charge < -0.3 is 25.7 Å². The van der Waals surface area contributed by atoms with Crippen molar-refractivity contribution in [1.82, 2.24) is 0 Å². The number of aliphatic imine (C=N–C) groups is 1. The first-order valence-electron chi connectivity index (χ1n) is 7.05. The molecule has 0 unspecified atom stereocenters. The van der Waals surface area contributed by atoms with Crippen LogP contribution in [0.2, 0.25) is 0 Å². The number of nitrogens with one attached hydrogen (secondary N) is 1. The lowest BCUT2D eigenvalue weighted by molar-refractivity contribution is -0.134. The van der Waals surface area contributed by atoms with Gasteiger partial charge in [-0.1, -0.05) is 12.1 Å². The van der Waals surface area contributed by atoms with Gasteiger partial charge in [0, 0.05) is 36.7 Å². The van der Waals surface area contributed by atoms with Gasteiger partial charge in [0.15, 0.2) is 0 Å². The van der Waals surface area contributed by atoms with E-state index in [1.54, 1.807) is 6.21 Å². The molecule has 0 saturated carbocycles. The lowest BCUT2D eigenvalue weighted by atomic mass is 10.3. The molecule has 0 radical (unpaired) electrons. The molecule has 1 aromatic rings. The summed E-state index contributed by atoms with van der Waals surface area (Å²) in [4.78, 5) is 42.4. The molecule has 1 aromatic carbocycles. The Morgan fingerprint density at radius 1 is 0.778 bits per heavy atom. The molecule has 142 valence electrons. The van der Waals surface area contributed by atoms with E-state index < -0.39 is 23.9 Å². The molecule has 1 heterocycles. The topological polar surface area (TPSA) is 174 Å². The maximum Gasteiger partial charge on any atom is 0.328 e. The lowest BCUT2D eigenvalue weighted by Crippen LogP contribution is -1.91. The number of anilines is 1. The van der Waals surface area contributed by atoms with Crippen LogP contribution in [-0.2, 0) is 19.2 Å². The summed E-state index contributed by atoms with van der Waals surface area (Å²) < 4.78 is 0. The number of nitrogens with zero attached hydrogens (tertiary/aromatic N) is 1. The second-order valence-electron chi connectivity index (χ2n) is 4.32. The Bertz CT molecular complexity index is 728. The van der Waals surface area contributed by atoms with Crippen molar-refractivity contribution >= 4 is 41.5 Å². The summed E-state index contributed by atoms with van der Waals surface area (Å²) in [5.74, 6) is -5.03. The molecule has 0 aliphatic carbocycles. The van der Waals surface area contributed by atoms with Crippen molar-refractivity contribution in [2.24, 2.45) is 4.99 Å². The summed E-state index contributed by atoms with van der Waals surface area (Å²) in [6, 6.07) is 7.94. The number of para-hydroxylation sites is 2. The summed E-state index contributed by atoms with van der Waals surface area (Å²) in [5, 5.41) is 34.4. The van der Waals surface area contributed by atoms with E-state index in [0.717, 1.165) is 11.4 Å². The van der Waals surface area contributed by atoms with Gasteiger partial charge in [-0.3, -0.25) is 4.99 Å². The average Bonchev–Trinajstić information content (AvgIpc) is 2.85. The third-order valence-corrected chi connectivity index (χ3v) is 2.28. The number of carboxylic acid groups (broad SMARTS) is 4. The highest BCUT2D eigenvalue weighted by molar-refractivity contribution is 5.90. The van der Waals surface area contributed by atoms with Crippen LogP contribution in [0.5, 0.6) is 0 Å². The number of rotatable bonds is 4. The molecule has 10 nitrogen and oxygen atoms in total. The zero-order chi connectivity index (χ0) is 20.7. The summed E-state index contributed by atoms with van der Waals surface area (Å²) in [6.07, 6.45) is 7.75. The largest absolute Gasteiger partial charge is 0.478 e. The minimum Gasteiger partial charge on any atom is -0.478 e. The molecule has 27 heavy (non-hydrogen) atoms. The lowest BCUT2D eigenvalue weighted by Gasteiger charge is -2.00. The number of benzene rings is 1. The molecule has 2 rings (SSSR count). The normalized spacial score (nSPS) is 11.1. The fraction of sp³-hybridized carbons (Fsp3) is 0. The van der Waals surface area contributed by atoms with Crippen LogP contribution in [0.25, 0.3) is 0 Å². The Balaban J connectivity index is 0.000000387. The monoisotopic (exact) mass is 376 g/mol. The van der Waals surface area contributed by atoms with Gasteiger partial charge in [-0.2, -0.15) is 0 Å². The summed E-state index contributed by atoms with van der Waals surface area (Å²) in [7, 11) is 0. The van der Waals surface area contributed by atoms with Crippen LogP contribution < -0.4 is 5.32 Å². The smallest absolute Gasteiger partial charge is 0.328 e. The minimum absolute atomic E-state index is 0.558. The van der Waals surface area contributed by atoms with Gasteiger partial charge in [-0.05, 0) is 18.2 Å². The summed E-state index contributed by atoms with van der Waals surface area (Å²) in [6.45, 7) is 0. The molecule has 0 bridgehead atoms. The van der Waals surface area contributed by atoms with Crippen LogP contribution in [0.15, 0.2) is 65.8 Å². The van der Waals surface area contributed by atoms with E-state index in [-0.39, 0.29) is 0 Å². The second kappa shape index (κ2) is 13.1. The van der Waals surface area contributed by atoms with Gasteiger partial charge in [0.25, 0.3) is 0 Å². The van der Waals surface area contributed by atoms with Gasteiger partial charge in [-0.15, -0.1) is 0 Å². The second-order valence-corrected chi connectivity index (χ2v) is 4.32. The van der Waals surface area contributed by atoms with Gasteiger partial charge in [0.1, 0.15) is 0 Å². The van der Waals surface area contributed by atoms with E-state index in [1.165, 1.54) is 0 Å². The molecule has 0 fully saturated rings. The van der Waals surface area contributed by atoms with E-state index in [9.17, 15) is 19.2 Å². The van der Waals surface area contributed by atoms with E-state index in [0.29, 0.717) is 24.3 Å². The van der Waals surface area contributed by atoms with Crippen molar-refractivity contribution in [1.29, 1.82) is 0 Å². The SMILES string of the molecule is C1=CNc2ccccc2N=C1.O=C(O)/C=C\C(=O)O.O=C(O)/C=C\C(=O)O. The molecule has 1 aliphatic heterocycles. The molecular weight excluding hydrogens is 360 g/mol. The molecule has 5 N–H and O–H groups in total. The zero-order valence-electron chi connectivity index (χ0n) is 13.7. The van der Waals surface area contributed by atoms with Crippen molar-refractivity contribution < 1.29 is 39.6 Å². The van der Waals surface area contributed by atoms with E-state index >= 15 is 0 Å². The van der Waals surface area contributed by atoms with Crippen LogP contribution in [0, 0.1) is 0 Å². The highest BCUT2D eigenvalue weighted by Crippen LogP contribution is 2.24. The number of allylic oxidation sites excluding steroid dienone is 1. The Kier molecular flexibility index (Phi) is 11.1. The number of carboxylic acids is 4. The average molecular weight is 376 g/mol. The molecular formula is C17H16N2O8. The molecule has 0 spiro atoms. The van der Waals surface area contributed by atoms with Crippen molar-refractivity contribution in [3.05, 3.63) is 60.8 Å². The maximum absolute atomic E-state index is 9.55. The number of aliphatic carboxylic acids is 4. The Morgan fingerprint density at radius 2 is 1.22 bits per heavy atom. The third-order valence-electron chi connectivity index (χ3n) is 2.28. The van der Waals surface area contributed by atoms with Crippen LogP contribution >= 0.6 is 0 Å². The van der Waals surface area contributed by atoms with E-state index in [4.69, 9.17) is 20.4 Å². The van der Waals surface area contributed by atoms with Gasteiger partial charge in [0.2, 0.25) is 0 Å². The van der Waals surface area contributed by atoms with E-state index in [1.807, 2.05) is 36.5 Å². The van der Waals surface area contributed by atoms with Crippen LogP contribution in [0.1, 0.15) is 0 Å². The molecule has 0 atom stereocenters. The number of fused-ring (bicyclic) bond motifs is 1. The number of carbonyl (C=O) groups is 4. The highest BCUT2D eigenvalue weighted by atomic mass is 16.4. The molecule has 0 aromatic heterocycles. The minimum atomic E-state index is -1.26. The van der Waals surface area contributed by atoms with Gasteiger partial charge >= 0.3 is 23.9 Å². The van der Waals surface area contributed by atoms with Crippen LogP contribution in [-0.4, -0.2) is 50.5 Å². The predicted octanol–water partition coefficient (Wildman–Crippen LogP) is 1.75. The molecule has 0 amide bonds. The standard InChI is InChI=1S/C9H8N2.2C4H4O4/c1-2-5-9-8(4-1)10-6-3-7-11-9;2*5-3(6)1-2-4(7)8/h1-7,10H;2*1-2H,(H,5,6)(H,7,8)/b;2*2-1-. The van der Waals surface area contributed by atoms with Crippen molar-refractivity contribution in [3.63, 3.8) is 0 Å². The fourth-order valence-corrected chi connectivity index (χ4v) is 1.30. The fourth-order valence-electron chi connectivity index (χ4n) is 1.30. The third kappa shape index (κ3) is 13.9. The first-order valence-corrected chi connectivity index (χ1v) is 7.05. The predicted molar refractivity (Wildman–Crippen MR) is 96.2 cm³/mol. The van der Waals surface area contributed by atoms with Crippen molar-refractivity contribution in [3.8, 4) is 0 Å².